The van der Waals surface area contributed by atoms with Crippen LogP contribution in [0.5, 0.6) is 0 Å². The number of hydrogen-bond donors (Lipinski definition) is 1. The highest BCUT2D eigenvalue weighted by molar-refractivity contribution is 5.89. The van der Waals surface area contributed by atoms with Gasteiger partial charge in [0.25, 0.3) is 0 Å². The summed E-state index contributed by atoms with van der Waals surface area (Å²) < 4.78 is 15.9. The fourth-order valence-corrected chi connectivity index (χ4v) is 2.93. The van der Waals surface area contributed by atoms with Crippen molar-refractivity contribution in [2.75, 3.05) is 0 Å². The van der Waals surface area contributed by atoms with Crippen molar-refractivity contribution in [3.63, 3.8) is 0 Å². The van der Waals surface area contributed by atoms with Crippen LogP contribution in [0.15, 0.2) is 18.2 Å². The molecule has 2 heterocycles. The van der Waals surface area contributed by atoms with Gasteiger partial charge in [0.2, 0.25) is 0 Å². The van der Waals surface area contributed by atoms with Gasteiger partial charge in [-0.1, -0.05) is 12.1 Å². The van der Waals surface area contributed by atoms with E-state index in [0.717, 1.165) is 42.5 Å². The average molecular weight is 247 g/mol. The molecule has 1 N–H and O–H groups in total. The summed E-state index contributed by atoms with van der Waals surface area (Å²) in [6.07, 6.45) is 2.89. The number of carbonyl (C=O) groups is 1. The van der Waals surface area contributed by atoms with Gasteiger partial charge < -0.3 is 9.67 Å². The zero-order valence-corrected chi connectivity index (χ0v) is 9.95. The van der Waals surface area contributed by atoms with Crippen molar-refractivity contribution < 1.29 is 14.3 Å². The molecule has 0 amide bonds. The highest BCUT2D eigenvalue weighted by Gasteiger charge is 2.22. The fourth-order valence-electron chi connectivity index (χ4n) is 2.93. The van der Waals surface area contributed by atoms with E-state index in [9.17, 15) is 9.18 Å². The van der Waals surface area contributed by atoms with Crippen LogP contribution in [0.4, 0.5) is 4.39 Å². The van der Waals surface area contributed by atoms with E-state index in [1.165, 1.54) is 6.07 Å². The van der Waals surface area contributed by atoms with Crippen molar-refractivity contribution in [1.29, 1.82) is 0 Å². The Hall–Kier alpha value is -1.84. The summed E-state index contributed by atoms with van der Waals surface area (Å²) >= 11 is 0. The molecule has 1 aliphatic rings. The second-order valence-electron chi connectivity index (χ2n) is 4.74. The highest BCUT2D eigenvalue weighted by Crippen LogP contribution is 2.32. The van der Waals surface area contributed by atoms with Crippen LogP contribution in [0, 0.1) is 5.82 Å². The van der Waals surface area contributed by atoms with Gasteiger partial charge in [-0.3, -0.25) is 4.79 Å². The number of carboxylic acid groups (broad SMARTS) is 1. The van der Waals surface area contributed by atoms with Gasteiger partial charge in [0.05, 0.1) is 11.9 Å². The summed E-state index contributed by atoms with van der Waals surface area (Å²) in [5.41, 5.74) is 2.36. The van der Waals surface area contributed by atoms with Crippen LogP contribution in [0.3, 0.4) is 0 Å². The summed E-state index contributed by atoms with van der Waals surface area (Å²) in [7, 11) is 0. The molecule has 0 spiro atoms. The Morgan fingerprint density at radius 3 is 3.00 bits per heavy atom. The van der Waals surface area contributed by atoms with Crippen molar-refractivity contribution in [3.8, 4) is 0 Å². The lowest BCUT2D eigenvalue weighted by atomic mass is 10.0. The number of nitrogens with zero attached hydrogens (tertiary/aromatic N) is 1. The van der Waals surface area contributed by atoms with Gasteiger partial charge in [-0.05, 0) is 30.9 Å². The predicted octanol–water partition coefficient (Wildman–Crippen LogP) is 2.74. The molecule has 0 saturated heterocycles. The standard InChI is InChI=1S/C14H14FNO2/c15-11-5-3-4-9-10(8-13(17)18)12-6-1-2-7-16(12)14(9)11/h3-5H,1-2,6-8H2,(H,17,18). The van der Waals surface area contributed by atoms with E-state index < -0.39 is 5.97 Å². The molecule has 0 aliphatic carbocycles. The summed E-state index contributed by atoms with van der Waals surface area (Å²) in [6.45, 7) is 0.784. The Balaban J connectivity index is 2.32. The van der Waals surface area contributed by atoms with Crippen molar-refractivity contribution in [3.05, 3.63) is 35.3 Å². The molecule has 18 heavy (non-hydrogen) atoms. The number of aliphatic carboxylic acids is 1. The van der Waals surface area contributed by atoms with Gasteiger partial charge in [0, 0.05) is 17.6 Å². The van der Waals surface area contributed by atoms with Crippen molar-refractivity contribution >= 4 is 16.9 Å². The molecule has 1 aliphatic heterocycles. The topological polar surface area (TPSA) is 42.2 Å². The number of fused-ring (bicyclic) bond motifs is 3. The van der Waals surface area contributed by atoms with Gasteiger partial charge in [0.15, 0.2) is 0 Å². The quantitative estimate of drug-likeness (QED) is 0.886. The number of para-hydroxylation sites is 1. The lowest BCUT2D eigenvalue weighted by molar-refractivity contribution is -0.136. The van der Waals surface area contributed by atoms with Gasteiger partial charge in [-0.15, -0.1) is 0 Å². The minimum Gasteiger partial charge on any atom is -0.481 e. The molecule has 0 radical (unpaired) electrons. The van der Waals surface area contributed by atoms with E-state index in [1.54, 1.807) is 6.07 Å². The molecule has 3 rings (SSSR count). The Kier molecular flexibility index (Phi) is 2.58. The maximum Gasteiger partial charge on any atom is 0.307 e. The lowest BCUT2D eigenvalue weighted by Crippen LogP contribution is -2.12. The summed E-state index contributed by atoms with van der Waals surface area (Å²) in [4.78, 5) is 11.0. The van der Waals surface area contributed by atoms with E-state index in [0.29, 0.717) is 5.52 Å². The van der Waals surface area contributed by atoms with E-state index in [2.05, 4.69) is 0 Å². The van der Waals surface area contributed by atoms with Gasteiger partial charge in [0.1, 0.15) is 5.82 Å². The molecule has 0 atom stereocenters. The highest BCUT2D eigenvalue weighted by atomic mass is 19.1. The third-order valence-electron chi connectivity index (χ3n) is 3.63. The SMILES string of the molecule is O=C(O)Cc1c2n(c3c(F)cccc13)CCCC2. The number of benzene rings is 1. The molecular formula is C14H14FNO2. The molecular weight excluding hydrogens is 233 g/mol. The number of aromatic nitrogens is 1. The van der Waals surface area contributed by atoms with E-state index in [1.807, 2.05) is 10.6 Å². The first-order valence-corrected chi connectivity index (χ1v) is 6.18. The van der Waals surface area contributed by atoms with E-state index in [-0.39, 0.29) is 12.2 Å². The first-order valence-electron chi connectivity index (χ1n) is 6.18. The molecule has 1 aromatic carbocycles. The number of hydrogen-bond acceptors (Lipinski definition) is 1. The first kappa shape index (κ1) is 11.3. The Morgan fingerprint density at radius 2 is 2.22 bits per heavy atom. The van der Waals surface area contributed by atoms with Crippen LogP contribution in [0.2, 0.25) is 0 Å². The molecule has 0 bridgehead atoms. The minimum atomic E-state index is -0.861. The van der Waals surface area contributed by atoms with Crippen LogP contribution < -0.4 is 0 Å². The van der Waals surface area contributed by atoms with Gasteiger partial charge >= 0.3 is 5.97 Å². The van der Waals surface area contributed by atoms with Crippen LogP contribution in [-0.4, -0.2) is 15.6 Å². The smallest absolute Gasteiger partial charge is 0.307 e. The van der Waals surface area contributed by atoms with Crippen LogP contribution in [-0.2, 0) is 24.2 Å². The second-order valence-corrected chi connectivity index (χ2v) is 4.74. The Bertz CT molecular complexity index is 630. The van der Waals surface area contributed by atoms with Crippen LogP contribution in [0.25, 0.3) is 10.9 Å². The Labute approximate surface area is 104 Å². The number of aryl methyl sites for hydroxylation is 1. The summed E-state index contributed by atoms with van der Waals surface area (Å²) in [6, 6.07) is 4.91. The maximum atomic E-state index is 14.0. The zero-order chi connectivity index (χ0) is 12.7. The number of halogens is 1. The van der Waals surface area contributed by atoms with Crippen molar-refractivity contribution in [2.24, 2.45) is 0 Å². The third kappa shape index (κ3) is 1.60. The molecule has 2 aromatic rings. The molecule has 0 saturated carbocycles. The predicted molar refractivity (Wildman–Crippen MR) is 66.2 cm³/mol. The monoisotopic (exact) mass is 247 g/mol. The average Bonchev–Trinajstić information content (AvgIpc) is 2.65. The van der Waals surface area contributed by atoms with Crippen molar-refractivity contribution in [1.82, 2.24) is 4.57 Å². The molecule has 4 heteroatoms. The number of rotatable bonds is 2. The second kappa shape index (κ2) is 4.12. The molecule has 0 unspecified atom stereocenters. The normalized spacial score (nSPS) is 14.7. The largest absolute Gasteiger partial charge is 0.481 e. The van der Waals surface area contributed by atoms with Crippen LogP contribution >= 0.6 is 0 Å². The molecule has 94 valence electrons. The van der Waals surface area contributed by atoms with Crippen molar-refractivity contribution in [2.45, 2.75) is 32.2 Å². The Morgan fingerprint density at radius 1 is 1.39 bits per heavy atom. The van der Waals surface area contributed by atoms with Gasteiger partial charge in [-0.25, -0.2) is 4.39 Å². The molecule has 0 fully saturated rings. The summed E-state index contributed by atoms with van der Waals surface area (Å²) in [5, 5.41) is 9.77. The van der Waals surface area contributed by atoms with E-state index in [4.69, 9.17) is 5.11 Å². The third-order valence-corrected chi connectivity index (χ3v) is 3.63. The lowest BCUT2D eigenvalue weighted by Gasteiger charge is -2.17. The van der Waals surface area contributed by atoms with Crippen LogP contribution in [0.1, 0.15) is 24.1 Å². The summed E-state index contributed by atoms with van der Waals surface area (Å²) in [5.74, 6) is -1.12. The first-order chi connectivity index (χ1) is 8.68. The molecule has 1 aromatic heterocycles. The fraction of sp³-hybridized carbons (Fsp3) is 0.357. The van der Waals surface area contributed by atoms with Gasteiger partial charge in [-0.2, -0.15) is 0 Å². The van der Waals surface area contributed by atoms with E-state index >= 15 is 0 Å². The number of carboxylic acids is 1. The molecule has 3 nitrogen and oxygen atoms in total. The zero-order valence-electron chi connectivity index (χ0n) is 9.95. The minimum absolute atomic E-state index is 0.0255. The maximum absolute atomic E-state index is 14.0.